The number of halogens is 1. The minimum atomic E-state index is -0.233. The molecule has 0 aliphatic heterocycles. The number of benzene rings is 2. The van der Waals surface area contributed by atoms with E-state index in [2.05, 4.69) is 26.1 Å². The van der Waals surface area contributed by atoms with Crippen LogP contribution in [0.15, 0.2) is 57.4 Å². The Bertz CT molecular complexity index is 888. The number of ether oxygens (including phenoxy) is 1. The highest BCUT2D eigenvalue weighted by Crippen LogP contribution is 2.23. The van der Waals surface area contributed by atoms with Crippen molar-refractivity contribution in [1.29, 1.82) is 0 Å². The zero-order valence-corrected chi connectivity index (χ0v) is 16.4. The number of hydrogen-bond donors (Lipinski definition) is 1. The summed E-state index contributed by atoms with van der Waals surface area (Å²) in [7, 11) is 4.02. The van der Waals surface area contributed by atoms with Gasteiger partial charge in [0.2, 0.25) is 0 Å². The molecular weight excluding hydrogens is 396 g/mol. The SMILES string of the molecule is CN(C)CCOc1ccc(CNC(=O)c2cc3cc(Br)ccc3o2)cc1. The second-order valence-electron chi connectivity index (χ2n) is 6.27. The number of carbonyl (C=O) groups excluding carboxylic acids is 1. The highest BCUT2D eigenvalue weighted by atomic mass is 79.9. The van der Waals surface area contributed by atoms with Crippen LogP contribution in [0.4, 0.5) is 0 Å². The van der Waals surface area contributed by atoms with E-state index in [-0.39, 0.29) is 5.91 Å². The molecule has 26 heavy (non-hydrogen) atoms. The molecule has 136 valence electrons. The molecule has 1 aromatic heterocycles. The first-order valence-corrected chi connectivity index (χ1v) is 9.14. The third-order valence-corrected chi connectivity index (χ3v) is 4.38. The van der Waals surface area contributed by atoms with Gasteiger partial charge in [-0.1, -0.05) is 28.1 Å². The Morgan fingerprint density at radius 1 is 1.15 bits per heavy atom. The number of likely N-dealkylation sites (N-methyl/N-ethyl adjacent to an activating group) is 1. The van der Waals surface area contributed by atoms with Crippen LogP contribution in [-0.4, -0.2) is 38.1 Å². The van der Waals surface area contributed by atoms with Crippen LogP contribution in [-0.2, 0) is 6.54 Å². The summed E-state index contributed by atoms with van der Waals surface area (Å²) in [5.41, 5.74) is 1.69. The summed E-state index contributed by atoms with van der Waals surface area (Å²) in [4.78, 5) is 14.4. The van der Waals surface area contributed by atoms with Crippen LogP contribution < -0.4 is 10.1 Å². The van der Waals surface area contributed by atoms with Gasteiger partial charge in [-0.25, -0.2) is 0 Å². The number of fused-ring (bicyclic) bond motifs is 1. The second-order valence-corrected chi connectivity index (χ2v) is 7.19. The Labute approximate surface area is 161 Å². The van der Waals surface area contributed by atoms with Crippen LogP contribution in [0, 0.1) is 0 Å². The Morgan fingerprint density at radius 3 is 2.65 bits per heavy atom. The monoisotopic (exact) mass is 416 g/mol. The van der Waals surface area contributed by atoms with Crippen molar-refractivity contribution in [2.45, 2.75) is 6.54 Å². The largest absolute Gasteiger partial charge is 0.492 e. The van der Waals surface area contributed by atoms with Crippen LogP contribution in [0.5, 0.6) is 5.75 Å². The van der Waals surface area contributed by atoms with E-state index in [1.165, 1.54) is 0 Å². The summed E-state index contributed by atoms with van der Waals surface area (Å²) in [6.45, 7) is 1.94. The maximum Gasteiger partial charge on any atom is 0.287 e. The molecule has 3 aromatic rings. The lowest BCUT2D eigenvalue weighted by atomic mass is 10.2. The minimum Gasteiger partial charge on any atom is -0.492 e. The molecule has 1 N–H and O–H groups in total. The zero-order chi connectivity index (χ0) is 18.5. The number of carbonyl (C=O) groups is 1. The third-order valence-electron chi connectivity index (χ3n) is 3.89. The lowest BCUT2D eigenvalue weighted by molar-refractivity contribution is 0.0925. The van der Waals surface area contributed by atoms with Crippen molar-refractivity contribution in [3.63, 3.8) is 0 Å². The predicted molar refractivity (Wildman–Crippen MR) is 106 cm³/mol. The molecule has 1 amide bonds. The number of nitrogens with one attached hydrogen (secondary N) is 1. The normalized spacial score (nSPS) is 11.1. The van der Waals surface area contributed by atoms with Gasteiger partial charge in [-0.15, -0.1) is 0 Å². The van der Waals surface area contributed by atoms with Crippen molar-refractivity contribution in [1.82, 2.24) is 10.2 Å². The van der Waals surface area contributed by atoms with E-state index < -0.39 is 0 Å². The molecule has 0 saturated carbocycles. The van der Waals surface area contributed by atoms with Gasteiger partial charge in [-0.2, -0.15) is 0 Å². The highest BCUT2D eigenvalue weighted by molar-refractivity contribution is 9.10. The van der Waals surface area contributed by atoms with E-state index in [4.69, 9.17) is 9.15 Å². The van der Waals surface area contributed by atoms with Crippen LogP contribution in [0.3, 0.4) is 0 Å². The van der Waals surface area contributed by atoms with Gasteiger partial charge in [0.1, 0.15) is 17.9 Å². The minimum absolute atomic E-state index is 0.233. The molecule has 6 heteroatoms. The van der Waals surface area contributed by atoms with Crippen molar-refractivity contribution >= 4 is 32.8 Å². The summed E-state index contributed by atoms with van der Waals surface area (Å²) in [6.07, 6.45) is 0. The number of rotatable bonds is 7. The fourth-order valence-corrected chi connectivity index (χ4v) is 2.82. The quantitative estimate of drug-likeness (QED) is 0.630. The third kappa shape index (κ3) is 4.86. The van der Waals surface area contributed by atoms with Crippen LogP contribution in [0.1, 0.15) is 16.1 Å². The molecule has 3 rings (SSSR count). The molecule has 0 aliphatic carbocycles. The molecule has 2 aromatic carbocycles. The summed E-state index contributed by atoms with van der Waals surface area (Å²) in [5, 5.41) is 3.77. The van der Waals surface area contributed by atoms with E-state index in [1.54, 1.807) is 6.07 Å². The summed E-state index contributed by atoms with van der Waals surface area (Å²) < 4.78 is 12.2. The van der Waals surface area contributed by atoms with E-state index in [9.17, 15) is 4.79 Å². The van der Waals surface area contributed by atoms with Gasteiger partial charge in [0.05, 0.1) is 0 Å². The number of furan rings is 1. The van der Waals surface area contributed by atoms with E-state index in [1.807, 2.05) is 56.6 Å². The maximum atomic E-state index is 12.3. The lowest BCUT2D eigenvalue weighted by Crippen LogP contribution is -2.22. The molecule has 0 fully saturated rings. The first kappa shape index (κ1) is 18.5. The molecule has 0 aliphatic rings. The fourth-order valence-electron chi connectivity index (χ4n) is 2.45. The Morgan fingerprint density at radius 2 is 1.92 bits per heavy atom. The average molecular weight is 417 g/mol. The fraction of sp³-hybridized carbons (Fsp3) is 0.250. The van der Waals surface area contributed by atoms with Gasteiger partial charge in [0.25, 0.3) is 5.91 Å². The summed E-state index contributed by atoms with van der Waals surface area (Å²) in [6, 6.07) is 15.1. The first-order chi connectivity index (χ1) is 12.5. The molecule has 0 radical (unpaired) electrons. The van der Waals surface area contributed by atoms with Gasteiger partial charge in [-0.05, 0) is 56.1 Å². The summed E-state index contributed by atoms with van der Waals surface area (Å²) in [5.74, 6) is 0.898. The molecule has 0 unspecified atom stereocenters. The number of hydrogen-bond acceptors (Lipinski definition) is 4. The van der Waals surface area contributed by atoms with Crippen molar-refractivity contribution in [2.24, 2.45) is 0 Å². The molecule has 0 atom stereocenters. The van der Waals surface area contributed by atoms with Gasteiger partial charge in [0, 0.05) is 22.9 Å². The van der Waals surface area contributed by atoms with E-state index in [0.29, 0.717) is 24.5 Å². The standard InChI is InChI=1S/C20H21BrN2O3/c1-23(2)9-10-25-17-6-3-14(4-7-17)13-22-20(24)19-12-15-11-16(21)5-8-18(15)26-19/h3-8,11-12H,9-10,13H2,1-2H3,(H,22,24). The van der Waals surface area contributed by atoms with Crippen LogP contribution >= 0.6 is 15.9 Å². The van der Waals surface area contributed by atoms with E-state index in [0.717, 1.165) is 27.7 Å². The average Bonchev–Trinajstić information content (AvgIpc) is 3.03. The Hall–Kier alpha value is -2.31. The van der Waals surface area contributed by atoms with Crippen molar-refractivity contribution in [2.75, 3.05) is 27.2 Å². The summed E-state index contributed by atoms with van der Waals surface area (Å²) >= 11 is 3.41. The number of amides is 1. The lowest BCUT2D eigenvalue weighted by Gasteiger charge is -2.11. The molecule has 0 bridgehead atoms. The van der Waals surface area contributed by atoms with Crippen LogP contribution in [0.25, 0.3) is 11.0 Å². The maximum absolute atomic E-state index is 12.3. The van der Waals surface area contributed by atoms with Gasteiger partial charge in [0.15, 0.2) is 5.76 Å². The van der Waals surface area contributed by atoms with E-state index >= 15 is 0 Å². The molecule has 0 spiro atoms. The molecule has 1 heterocycles. The molecular formula is C20H21BrN2O3. The second kappa shape index (κ2) is 8.38. The van der Waals surface area contributed by atoms with Gasteiger partial charge < -0.3 is 19.4 Å². The zero-order valence-electron chi connectivity index (χ0n) is 14.8. The Kier molecular flexibility index (Phi) is 5.96. The first-order valence-electron chi connectivity index (χ1n) is 8.35. The molecule has 5 nitrogen and oxygen atoms in total. The topological polar surface area (TPSA) is 54.7 Å². The van der Waals surface area contributed by atoms with Crippen molar-refractivity contribution in [3.05, 3.63) is 64.3 Å². The highest BCUT2D eigenvalue weighted by Gasteiger charge is 2.12. The predicted octanol–water partition coefficient (Wildman–Crippen LogP) is 4.07. The van der Waals surface area contributed by atoms with Crippen molar-refractivity contribution < 1.29 is 13.9 Å². The number of nitrogens with zero attached hydrogens (tertiary/aromatic N) is 1. The smallest absolute Gasteiger partial charge is 0.287 e. The molecule has 0 saturated heterocycles. The van der Waals surface area contributed by atoms with Gasteiger partial charge in [-0.3, -0.25) is 4.79 Å². The van der Waals surface area contributed by atoms with Gasteiger partial charge >= 0.3 is 0 Å². The van der Waals surface area contributed by atoms with Crippen molar-refractivity contribution in [3.8, 4) is 5.75 Å². The Balaban J connectivity index is 1.55. The van der Waals surface area contributed by atoms with Crippen LogP contribution in [0.2, 0.25) is 0 Å².